The fraction of sp³-hybridized carbons (Fsp3) is 0.938. The molecule has 0 saturated carbocycles. The number of piperidine rings is 1. The molecule has 0 aromatic carbocycles. The van der Waals surface area contributed by atoms with Crippen LogP contribution in [0, 0.1) is 5.92 Å². The SMILES string of the molecule is C[C@H]1CN(C(=O)OC(C)(C)C)CCN1CC1CCNCC1. The molecule has 21 heavy (non-hydrogen) atoms. The van der Waals surface area contributed by atoms with Gasteiger partial charge >= 0.3 is 6.09 Å². The molecule has 2 fully saturated rings. The Balaban J connectivity index is 1.79. The van der Waals surface area contributed by atoms with E-state index in [1.165, 1.54) is 19.4 Å². The van der Waals surface area contributed by atoms with Crippen molar-refractivity contribution in [1.82, 2.24) is 15.1 Å². The molecule has 122 valence electrons. The van der Waals surface area contributed by atoms with Crippen LogP contribution in [0.1, 0.15) is 40.5 Å². The number of carbonyl (C=O) groups is 1. The molecule has 2 saturated heterocycles. The van der Waals surface area contributed by atoms with Crippen molar-refractivity contribution in [3.8, 4) is 0 Å². The highest BCUT2D eigenvalue weighted by Crippen LogP contribution is 2.19. The number of hydrogen-bond acceptors (Lipinski definition) is 4. The van der Waals surface area contributed by atoms with Crippen LogP contribution < -0.4 is 5.32 Å². The van der Waals surface area contributed by atoms with Gasteiger partial charge in [-0.2, -0.15) is 0 Å². The largest absolute Gasteiger partial charge is 0.444 e. The lowest BCUT2D eigenvalue weighted by atomic mass is 9.96. The van der Waals surface area contributed by atoms with Gasteiger partial charge < -0.3 is 15.0 Å². The van der Waals surface area contributed by atoms with Crippen LogP contribution >= 0.6 is 0 Å². The monoisotopic (exact) mass is 297 g/mol. The van der Waals surface area contributed by atoms with E-state index in [-0.39, 0.29) is 6.09 Å². The van der Waals surface area contributed by atoms with Gasteiger partial charge in [-0.15, -0.1) is 0 Å². The summed E-state index contributed by atoms with van der Waals surface area (Å²) >= 11 is 0. The minimum atomic E-state index is -0.410. The molecule has 0 radical (unpaired) electrons. The molecule has 2 heterocycles. The summed E-state index contributed by atoms with van der Waals surface area (Å²) in [4.78, 5) is 16.5. The highest BCUT2D eigenvalue weighted by atomic mass is 16.6. The van der Waals surface area contributed by atoms with E-state index < -0.39 is 5.60 Å². The second-order valence-corrected chi connectivity index (χ2v) is 7.46. The minimum Gasteiger partial charge on any atom is -0.444 e. The van der Waals surface area contributed by atoms with Crippen LogP contribution in [0.15, 0.2) is 0 Å². The van der Waals surface area contributed by atoms with Crippen LogP contribution in [-0.2, 0) is 4.74 Å². The van der Waals surface area contributed by atoms with Gasteiger partial charge in [0.05, 0.1) is 0 Å². The predicted octanol–water partition coefficient (Wildman–Crippen LogP) is 1.93. The summed E-state index contributed by atoms with van der Waals surface area (Å²) in [6.07, 6.45) is 2.38. The first-order chi connectivity index (χ1) is 9.85. The molecule has 5 heteroatoms. The number of nitrogens with one attached hydrogen (secondary N) is 1. The maximum atomic E-state index is 12.1. The zero-order chi connectivity index (χ0) is 15.5. The van der Waals surface area contributed by atoms with Crippen LogP contribution in [0.25, 0.3) is 0 Å². The van der Waals surface area contributed by atoms with Crippen LogP contribution in [0.2, 0.25) is 0 Å². The number of rotatable bonds is 2. The molecule has 0 aromatic rings. The highest BCUT2D eigenvalue weighted by molar-refractivity contribution is 5.68. The summed E-state index contributed by atoms with van der Waals surface area (Å²) in [6.45, 7) is 14.0. The predicted molar refractivity (Wildman–Crippen MR) is 84.4 cm³/mol. The first-order valence-corrected chi connectivity index (χ1v) is 8.28. The molecular formula is C16H31N3O2. The minimum absolute atomic E-state index is 0.170. The zero-order valence-corrected chi connectivity index (χ0v) is 14.0. The molecule has 0 bridgehead atoms. The lowest BCUT2D eigenvalue weighted by Crippen LogP contribution is -2.55. The van der Waals surface area contributed by atoms with Crippen molar-refractivity contribution in [3.63, 3.8) is 0 Å². The topological polar surface area (TPSA) is 44.8 Å². The number of ether oxygens (including phenoxy) is 1. The Morgan fingerprint density at radius 1 is 1.24 bits per heavy atom. The van der Waals surface area contributed by atoms with E-state index in [1.54, 1.807) is 0 Å². The molecule has 0 aromatic heterocycles. The second kappa shape index (κ2) is 6.97. The molecule has 0 aliphatic carbocycles. The highest BCUT2D eigenvalue weighted by Gasteiger charge is 2.30. The summed E-state index contributed by atoms with van der Waals surface area (Å²) < 4.78 is 5.47. The maximum Gasteiger partial charge on any atom is 0.410 e. The van der Waals surface area contributed by atoms with E-state index in [1.807, 2.05) is 25.7 Å². The van der Waals surface area contributed by atoms with Crippen molar-refractivity contribution >= 4 is 6.09 Å². The fourth-order valence-corrected chi connectivity index (χ4v) is 3.15. The Kier molecular flexibility index (Phi) is 5.49. The summed E-state index contributed by atoms with van der Waals surface area (Å²) in [7, 11) is 0. The third-order valence-electron chi connectivity index (χ3n) is 4.37. The summed E-state index contributed by atoms with van der Waals surface area (Å²) in [6, 6.07) is 0.418. The molecular weight excluding hydrogens is 266 g/mol. The first kappa shape index (κ1) is 16.6. The van der Waals surface area contributed by atoms with E-state index in [9.17, 15) is 4.79 Å². The van der Waals surface area contributed by atoms with Gasteiger partial charge in [0.15, 0.2) is 0 Å². The van der Waals surface area contributed by atoms with Crippen LogP contribution in [0.5, 0.6) is 0 Å². The van der Waals surface area contributed by atoms with E-state index in [0.29, 0.717) is 6.04 Å². The lowest BCUT2D eigenvalue weighted by Gasteiger charge is -2.42. The van der Waals surface area contributed by atoms with Crippen LogP contribution in [0.3, 0.4) is 0 Å². The average Bonchev–Trinajstić information content (AvgIpc) is 2.40. The van der Waals surface area contributed by atoms with Gasteiger partial charge in [0.25, 0.3) is 0 Å². The number of hydrogen-bond donors (Lipinski definition) is 1. The molecule has 2 aliphatic rings. The summed E-state index contributed by atoms with van der Waals surface area (Å²) in [5.74, 6) is 0.807. The maximum absolute atomic E-state index is 12.1. The Bertz CT molecular complexity index is 348. The Morgan fingerprint density at radius 3 is 2.48 bits per heavy atom. The third kappa shape index (κ3) is 5.15. The van der Waals surface area contributed by atoms with Crippen molar-refractivity contribution in [2.75, 3.05) is 39.3 Å². The lowest BCUT2D eigenvalue weighted by molar-refractivity contribution is 0.00294. The van der Waals surface area contributed by atoms with Gasteiger partial charge in [0.2, 0.25) is 0 Å². The standard InChI is InChI=1S/C16H31N3O2/c1-13-11-19(15(20)21-16(2,3)4)10-9-18(13)12-14-5-7-17-8-6-14/h13-14,17H,5-12H2,1-4H3/t13-/m0/s1. The van der Waals surface area contributed by atoms with E-state index in [0.717, 1.165) is 38.6 Å². The number of piperazine rings is 1. The van der Waals surface area contributed by atoms with Gasteiger partial charge in [-0.1, -0.05) is 0 Å². The van der Waals surface area contributed by atoms with E-state index in [4.69, 9.17) is 4.74 Å². The molecule has 1 atom stereocenters. The van der Waals surface area contributed by atoms with Crippen molar-refractivity contribution in [2.45, 2.75) is 52.2 Å². The van der Waals surface area contributed by atoms with Crippen molar-refractivity contribution in [2.24, 2.45) is 5.92 Å². The van der Waals surface area contributed by atoms with Crippen molar-refractivity contribution < 1.29 is 9.53 Å². The summed E-state index contributed by atoms with van der Waals surface area (Å²) in [5, 5.41) is 3.42. The molecule has 2 rings (SSSR count). The second-order valence-electron chi connectivity index (χ2n) is 7.46. The van der Waals surface area contributed by atoms with Gasteiger partial charge in [0, 0.05) is 32.2 Å². The normalized spacial score (nSPS) is 25.9. The van der Waals surface area contributed by atoms with Gasteiger partial charge in [-0.25, -0.2) is 4.79 Å². The van der Waals surface area contributed by atoms with E-state index in [2.05, 4.69) is 17.1 Å². The Morgan fingerprint density at radius 2 is 1.90 bits per heavy atom. The molecule has 0 unspecified atom stereocenters. The van der Waals surface area contributed by atoms with E-state index >= 15 is 0 Å². The van der Waals surface area contributed by atoms with Crippen LogP contribution in [0.4, 0.5) is 4.79 Å². The van der Waals surface area contributed by atoms with Gasteiger partial charge in [-0.3, -0.25) is 4.90 Å². The Labute approximate surface area is 129 Å². The van der Waals surface area contributed by atoms with Crippen LogP contribution in [-0.4, -0.2) is 66.8 Å². The summed E-state index contributed by atoms with van der Waals surface area (Å²) in [5.41, 5.74) is -0.410. The molecule has 1 N–H and O–H groups in total. The average molecular weight is 297 g/mol. The molecule has 0 spiro atoms. The van der Waals surface area contributed by atoms with Crippen molar-refractivity contribution in [3.05, 3.63) is 0 Å². The fourth-order valence-electron chi connectivity index (χ4n) is 3.15. The van der Waals surface area contributed by atoms with Gasteiger partial charge in [0.1, 0.15) is 5.60 Å². The number of amides is 1. The number of carbonyl (C=O) groups excluding carboxylic acids is 1. The molecule has 1 amide bonds. The smallest absolute Gasteiger partial charge is 0.410 e. The van der Waals surface area contributed by atoms with Crippen molar-refractivity contribution in [1.29, 1.82) is 0 Å². The zero-order valence-electron chi connectivity index (χ0n) is 14.0. The quantitative estimate of drug-likeness (QED) is 0.846. The Hall–Kier alpha value is -0.810. The first-order valence-electron chi connectivity index (χ1n) is 8.28. The molecule has 5 nitrogen and oxygen atoms in total. The third-order valence-corrected chi connectivity index (χ3v) is 4.37. The number of nitrogens with zero attached hydrogens (tertiary/aromatic N) is 2. The van der Waals surface area contributed by atoms with Gasteiger partial charge in [-0.05, 0) is 59.5 Å². The molecule has 2 aliphatic heterocycles.